The van der Waals surface area contributed by atoms with Gasteiger partial charge in [0.15, 0.2) is 4.77 Å². The molecule has 2 saturated carbocycles. The van der Waals surface area contributed by atoms with Gasteiger partial charge >= 0.3 is 0 Å². The number of imidazole rings is 1. The first-order chi connectivity index (χ1) is 7.31. The molecule has 2 aliphatic carbocycles. The number of aromatic amines is 1. The van der Waals surface area contributed by atoms with Crippen LogP contribution in [0.4, 0.5) is 0 Å². The number of hydrogen-bond donors (Lipinski definition) is 2. The van der Waals surface area contributed by atoms with Gasteiger partial charge in [-0.05, 0) is 49.7 Å². The normalized spacial score (nSPS) is 21.2. The lowest BCUT2D eigenvalue weighted by molar-refractivity contribution is 0.258. The van der Waals surface area contributed by atoms with Crippen LogP contribution in [0, 0.1) is 16.6 Å². The van der Waals surface area contributed by atoms with E-state index in [1.54, 1.807) is 0 Å². The molecular formula is C11H16N2OS. The molecule has 0 radical (unpaired) electrons. The van der Waals surface area contributed by atoms with Crippen LogP contribution in [0.3, 0.4) is 0 Å². The molecule has 3 rings (SSSR count). The second kappa shape index (κ2) is 3.46. The van der Waals surface area contributed by atoms with E-state index < -0.39 is 0 Å². The van der Waals surface area contributed by atoms with Crippen LogP contribution in [0.2, 0.25) is 0 Å². The Balaban J connectivity index is 2.00. The number of nitrogens with zero attached hydrogens (tertiary/aromatic N) is 1. The summed E-state index contributed by atoms with van der Waals surface area (Å²) < 4.78 is 2.95. The molecule has 1 heterocycles. The second-order valence-electron chi connectivity index (χ2n) is 4.78. The van der Waals surface area contributed by atoms with Crippen molar-refractivity contribution in [3.8, 4) is 0 Å². The van der Waals surface area contributed by atoms with E-state index in [0.717, 1.165) is 22.3 Å². The summed E-state index contributed by atoms with van der Waals surface area (Å²) >= 11 is 5.31. The molecule has 2 fully saturated rings. The largest absolute Gasteiger partial charge is 0.390 e. The van der Waals surface area contributed by atoms with Gasteiger partial charge < -0.3 is 14.7 Å². The summed E-state index contributed by atoms with van der Waals surface area (Å²) in [5.74, 6) is 1.62. The monoisotopic (exact) mass is 224 g/mol. The quantitative estimate of drug-likeness (QED) is 0.771. The molecule has 2 aliphatic rings. The smallest absolute Gasteiger partial charge is 0.177 e. The molecule has 0 unspecified atom stereocenters. The summed E-state index contributed by atoms with van der Waals surface area (Å²) in [4.78, 5) is 3.05. The Bertz CT molecular complexity index is 402. The van der Waals surface area contributed by atoms with E-state index in [-0.39, 0.29) is 6.61 Å². The van der Waals surface area contributed by atoms with Crippen LogP contribution in [-0.4, -0.2) is 14.7 Å². The van der Waals surface area contributed by atoms with Crippen LogP contribution >= 0.6 is 12.2 Å². The van der Waals surface area contributed by atoms with E-state index >= 15 is 0 Å². The Morgan fingerprint density at radius 2 is 2.00 bits per heavy atom. The number of hydrogen-bond acceptors (Lipinski definition) is 2. The molecule has 0 aliphatic heterocycles. The van der Waals surface area contributed by atoms with Gasteiger partial charge in [-0.1, -0.05) is 0 Å². The van der Waals surface area contributed by atoms with Gasteiger partial charge in [-0.15, -0.1) is 0 Å². The maximum absolute atomic E-state index is 9.30. The van der Waals surface area contributed by atoms with Crippen molar-refractivity contribution >= 4 is 12.2 Å². The molecule has 2 N–H and O–H groups in total. The van der Waals surface area contributed by atoms with E-state index in [4.69, 9.17) is 12.2 Å². The number of nitrogens with one attached hydrogen (secondary N) is 1. The third-order valence-corrected chi connectivity index (χ3v) is 3.88. The minimum atomic E-state index is 0.0864. The van der Waals surface area contributed by atoms with Gasteiger partial charge in [-0.25, -0.2) is 0 Å². The third kappa shape index (κ3) is 1.66. The van der Waals surface area contributed by atoms with E-state index in [1.165, 1.54) is 25.7 Å². The van der Waals surface area contributed by atoms with Crippen LogP contribution in [-0.2, 0) is 6.61 Å². The first-order valence-electron chi connectivity index (χ1n) is 5.71. The molecule has 82 valence electrons. The highest BCUT2D eigenvalue weighted by molar-refractivity contribution is 7.71. The Hall–Kier alpha value is -0.610. The number of rotatable bonds is 4. The van der Waals surface area contributed by atoms with E-state index in [0.29, 0.717) is 6.04 Å². The first-order valence-corrected chi connectivity index (χ1v) is 6.11. The van der Waals surface area contributed by atoms with Gasteiger partial charge in [-0.2, -0.15) is 0 Å². The second-order valence-corrected chi connectivity index (χ2v) is 5.17. The maximum atomic E-state index is 9.30. The molecule has 0 atom stereocenters. The summed E-state index contributed by atoms with van der Waals surface area (Å²) in [7, 11) is 0. The molecule has 3 nitrogen and oxygen atoms in total. The predicted octanol–water partition coefficient (Wildman–Crippen LogP) is 2.40. The number of aliphatic hydroxyl groups is 1. The lowest BCUT2D eigenvalue weighted by Gasteiger charge is -2.19. The molecule has 4 heteroatoms. The SMILES string of the molecule is OCc1c[nH]c(=S)n1C(C1CC1)C1CC1. The van der Waals surface area contributed by atoms with Crippen molar-refractivity contribution in [3.63, 3.8) is 0 Å². The maximum Gasteiger partial charge on any atom is 0.177 e. The molecule has 0 saturated heterocycles. The number of aromatic nitrogens is 2. The van der Waals surface area contributed by atoms with Crippen molar-refractivity contribution in [1.29, 1.82) is 0 Å². The van der Waals surface area contributed by atoms with Crippen molar-refractivity contribution < 1.29 is 5.11 Å². The highest BCUT2D eigenvalue weighted by atomic mass is 32.1. The van der Waals surface area contributed by atoms with Crippen molar-refractivity contribution in [2.75, 3.05) is 0 Å². The van der Waals surface area contributed by atoms with Gasteiger partial charge in [-0.3, -0.25) is 0 Å². The summed E-state index contributed by atoms with van der Waals surface area (Å²) in [5.41, 5.74) is 0.948. The van der Waals surface area contributed by atoms with E-state index in [9.17, 15) is 5.11 Å². The molecule has 15 heavy (non-hydrogen) atoms. The van der Waals surface area contributed by atoms with Crippen LogP contribution in [0.25, 0.3) is 0 Å². The minimum absolute atomic E-state index is 0.0864. The Labute approximate surface area is 94.1 Å². The fourth-order valence-corrected chi connectivity index (χ4v) is 2.84. The summed E-state index contributed by atoms with van der Waals surface area (Å²) in [5, 5.41) is 9.30. The van der Waals surface area contributed by atoms with Crippen LogP contribution in [0.15, 0.2) is 6.20 Å². The lowest BCUT2D eigenvalue weighted by Crippen LogP contribution is -2.16. The molecule has 0 amide bonds. The predicted molar refractivity (Wildman–Crippen MR) is 60.0 cm³/mol. The summed E-state index contributed by atoms with van der Waals surface area (Å²) in [6.07, 6.45) is 7.18. The molecule has 1 aromatic rings. The van der Waals surface area contributed by atoms with E-state index in [1.807, 2.05) is 6.20 Å². The summed E-state index contributed by atoms with van der Waals surface area (Å²) in [6.45, 7) is 0.0864. The first kappa shape index (κ1) is 9.60. The van der Waals surface area contributed by atoms with Gasteiger partial charge in [0.25, 0.3) is 0 Å². The Morgan fingerprint density at radius 1 is 1.40 bits per heavy atom. The highest BCUT2D eigenvalue weighted by Crippen LogP contribution is 2.52. The zero-order valence-electron chi connectivity index (χ0n) is 8.65. The van der Waals surface area contributed by atoms with Crippen molar-refractivity contribution in [2.45, 2.75) is 38.3 Å². The molecule has 0 spiro atoms. The fraction of sp³-hybridized carbons (Fsp3) is 0.727. The van der Waals surface area contributed by atoms with Gasteiger partial charge in [0, 0.05) is 12.2 Å². The average molecular weight is 224 g/mol. The molecular weight excluding hydrogens is 208 g/mol. The molecule has 1 aromatic heterocycles. The minimum Gasteiger partial charge on any atom is -0.390 e. The van der Waals surface area contributed by atoms with Gasteiger partial charge in [0.05, 0.1) is 12.3 Å². The lowest BCUT2D eigenvalue weighted by atomic mass is 10.1. The van der Waals surface area contributed by atoms with E-state index in [2.05, 4.69) is 9.55 Å². The van der Waals surface area contributed by atoms with Crippen molar-refractivity contribution in [3.05, 3.63) is 16.7 Å². The molecule has 0 aromatic carbocycles. The number of H-pyrrole nitrogens is 1. The Kier molecular flexibility index (Phi) is 2.21. The molecule has 0 bridgehead atoms. The summed E-state index contributed by atoms with van der Waals surface area (Å²) in [6, 6.07) is 0.561. The fourth-order valence-electron chi connectivity index (χ4n) is 2.55. The van der Waals surface area contributed by atoms with Gasteiger partial charge in [0.2, 0.25) is 0 Å². The zero-order valence-corrected chi connectivity index (χ0v) is 9.46. The topological polar surface area (TPSA) is 40.9 Å². The van der Waals surface area contributed by atoms with Crippen LogP contribution in [0.5, 0.6) is 0 Å². The standard InChI is InChI=1S/C11H16N2OS/c14-6-9-5-12-11(15)13(9)10(7-1-2-7)8-3-4-8/h5,7-8,10,14H,1-4,6H2,(H,12,15). The third-order valence-electron chi connectivity index (χ3n) is 3.56. The zero-order chi connectivity index (χ0) is 10.4. The highest BCUT2D eigenvalue weighted by Gasteiger charge is 2.43. The van der Waals surface area contributed by atoms with Crippen LogP contribution in [0.1, 0.15) is 37.4 Å². The van der Waals surface area contributed by atoms with Crippen molar-refractivity contribution in [1.82, 2.24) is 9.55 Å². The average Bonchev–Trinajstić information content (AvgIpc) is 3.10. The number of aliphatic hydroxyl groups excluding tert-OH is 1. The van der Waals surface area contributed by atoms with Crippen molar-refractivity contribution in [2.24, 2.45) is 11.8 Å². The van der Waals surface area contributed by atoms with Gasteiger partial charge in [0.1, 0.15) is 0 Å². The van der Waals surface area contributed by atoms with Crippen LogP contribution < -0.4 is 0 Å². The Morgan fingerprint density at radius 3 is 2.47 bits per heavy atom.